The lowest BCUT2D eigenvalue weighted by Gasteiger charge is -2.05. The van der Waals surface area contributed by atoms with Crippen LogP contribution in [0.1, 0.15) is 18.4 Å². The topological polar surface area (TPSA) is 60.2 Å². The highest BCUT2D eigenvalue weighted by molar-refractivity contribution is 14.1. The molecule has 0 aliphatic rings. The van der Waals surface area contributed by atoms with Crippen molar-refractivity contribution in [1.29, 1.82) is 0 Å². The zero-order valence-electron chi connectivity index (χ0n) is 7.44. The minimum absolute atomic E-state index is 0.0521. The summed E-state index contributed by atoms with van der Waals surface area (Å²) in [4.78, 5) is 20.5. The highest BCUT2D eigenvalue weighted by atomic mass is 127. The van der Waals surface area contributed by atoms with E-state index in [1.54, 1.807) is 13.0 Å². The molecule has 1 aromatic carbocycles. The van der Waals surface area contributed by atoms with Gasteiger partial charge in [0.05, 0.1) is 4.92 Å². The van der Waals surface area contributed by atoms with E-state index in [0.29, 0.717) is 0 Å². The molecule has 1 rings (SSSR count). The molecule has 0 bridgehead atoms. The van der Waals surface area contributed by atoms with Gasteiger partial charge in [-0.15, -0.1) is 0 Å². The smallest absolute Gasteiger partial charge is 0.270 e. The molecular formula is C9H8INO3. The van der Waals surface area contributed by atoms with Crippen molar-refractivity contribution in [1.82, 2.24) is 0 Å². The van der Waals surface area contributed by atoms with Crippen LogP contribution in [0.4, 0.5) is 5.69 Å². The van der Waals surface area contributed by atoms with Crippen molar-refractivity contribution in [3.8, 4) is 0 Å². The summed E-state index contributed by atoms with van der Waals surface area (Å²) in [6, 6.07) is 4.51. The number of rotatable bonds is 3. The second kappa shape index (κ2) is 4.50. The normalized spacial score (nSPS) is 12.1. The van der Waals surface area contributed by atoms with Gasteiger partial charge >= 0.3 is 0 Å². The fourth-order valence-corrected chi connectivity index (χ4v) is 2.06. The van der Waals surface area contributed by atoms with E-state index in [9.17, 15) is 14.9 Å². The van der Waals surface area contributed by atoms with Crippen LogP contribution in [0.2, 0.25) is 0 Å². The second-order valence-corrected chi connectivity index (χ2v) is 4.05. The monoisotopic (exact) mass is 305 g/mol. The lowest BCUT2D eigenvalue weighted by Crippen LogP contribution is -1.98. The van der Waals surface area contributed by atoms with Crippen LogP contribution >= 0.6 is 22.6 Å². The Hall–Kier alpha value is -0.980. The van der Waals surface area contributed by atoms with Gasteiger partial charge < -0.3 is 4.79 Å². The predicted molar refractivity (Wildman–Crippen MR) is 60.3 cm³/mol. The molecule has 1 atom stereocenters. The van der Waals surface area contributed by atoms with Crippen molar-refractivity contribution in [2.75, 3.05) is 0 Å². The van der Waals surface area contributed by atoms with Crippen LogP contribution in [0.5, 0.6) is 0 Å². The lowest BCUT2D eigenvalue weighted by molar-refractivity contribution is -0.385. The number of nitrogens with zero attached hydrogens (tertiary/aromatic N) is 1. The molecular weight excluding hydrogens is 297 g/mol. The van der Waals surface area contributed by atoms with Gasteiger partial charge in [-0.25, -0.2) is 0 Å². The van der Waals surface area contributed by atoms with Crippen LogP contribution in [-0.2, 0) is 4.79 Å². The first-order valence-electron chi connectivity index (χ1n) is 3.95. The number of aldehydes is 1. The Balaban J connectivity index is 3.13. The molecule has 74 valence electrons. The maximum Gasteiger partial charge on any atom is 0.270 e. The van der Waals surface area contributed by atoms with Crippen LogP contribution in [0, 0.1) is 13.7 Å². The first kappa shape index (κ1) is 11.1. The Morgan fingerprint density at radius 2 is 2.21 bits per heavy atom. The maximum atomic E-state index is 10.5. The molecule has 0 aliphatic heterocycles. The van der Waals surface area contributed by atoms with Crippen molar-refractivity contribution >= 4 is 34.6 Å². The van der Waals surface area contributed by atoms with Gasteiger partial charge in [0.15, 0.2) is 0 Å². The number of nitro groups is 1. The van der Waals surface area contributed by atoms with Crippen molar-refractivity contribution in [3.63, 3.8) is 0 Å². The number of carbonyl (C=O) groups excluding carboxylic acids is 1. The Labute approximate surface area is 94.6 Å². The number of hydrogen-bond acceptors (Lipinski definition) is 3. The van der Waals surface area contributed by atoms with E-state index in [0.717, 1.165) is 15.4 Å². The third-order valence-electron chi connectivity index (χ3n) is 1.89. The molecule has 0 N–H and O–H groups in total. The Morgan fingerprint density at radius 3 is 2.64 bits per heavy atom. The summed E-state index contributed by atoms with van der Waals surface area (Å²) in [5.74, 6) is -0.220. The molecule has 14 heavy (non-hydrogen) atoms. The number of benzene rings is 1. The van der Waals surface area contributed by atoms with Crippen molar-refractivity contribution in [2.45, 2.75) is 12.8 Å². The zero-order valence-corrected chi connectivity index (χ0v) is 9.59. The molecule has 0 aromatic heterocycles. The van der Waals surface area contributed by atoms with Gasteiger partial charge in [-0.2, -0.15) is 0 Å². The van der Waals surface area contributed by atoms with Crippen molar-refractivity contribution < 1.29 is 9.72 Å². The van der Waals surface area contributed by atoms with E-state index in [1.807, 2.05) is 22.6 Å². The average Bonchev–Trinajstić information content (AvgIpc) is 2.16. The summed E-state index contributed by atoms with van der Waals surface area (Å²) in [5, 5.41) is 10.4. The minimum Gasteiger partial charge on any atom is -0.303 e. The summed E-state index contributed by atoms with van der Waals surface area (Å²) in [7, 11) is 0. The Morgan fingerprint density at radius 1 is 1.57 bits per heavy atom. The minimum atomic E-state index is -0.447. The molecule has 1 unspecified atom stereocenters. The Kier molecular flexibility index (Phi) is 3.56. The molecule has 0 spiro atoms. The fraction of sp³-hybridized carbons (Fsp3) is 0.222. The van der Waals surface area contributed by atoms with Gasteiger partial charge in [0, 0.05) is 21.6 Å². The van der Waals surface area contributed by atoms with Crippen LogP contribution < -0.4 is 0 Å². The molecule has 5 heteroatoms. The quantitative estimate of drug-likeness (QED) is 0.373. The zero-order chi connectivity index (χ0) is 10.7. The second-order valence-electron chi connectivity index (χ2n) is 2.89. The van der Waals surface area contributed by atoms with Crippen molar-refractivity contribution in [2.24, 2.45) is 0 Å². The fourth-order valence-electron chi connectivity index (χ4n) is 1.07. The van der Waals surface area contributed by atoms with Gasteiger partial charge in [-0.05, 0) is 28.2 Å². The average molecular weight is 305 g/mol. The van der Waals surface area contributed by atoms with Gasteiger partial charge in [-0.1, -0.05) is 13.0 Å². The molecule has 0 saturated heterocycles. The number of non-ortho nitro benzene ring substituents is 1. The van der Waals surface area contributed by atoms with E-state index in [2.05, 4.69) is 0 Å². The molecule has 0 heterocycles. The summed E-state index contributed by atoms with van der Waals surface area (Å²) in [6.07, 6.45) is 0.823. The van der Waals surface area contributed by atoms with E-state index in [-0.39, 0.29) is 11.6 Å². The van der Waals surface area contributed by atoms with Crippen molar-refractivity contribution in [3.05, 3.63) is 37.4 Å². The van der Waals surface area contributed by atoms with Crippen LogP contribution in [0.25, 0.3) is 0 Å². The predicted octanol–water partition coefficient (Wildman–Crippen LogP) is 2.50. The molecule has 0 radical (unpaired) electrons. The van der Waals surface area contributed by atoms with E-state index < -0.39 is 4.92 Å². The SMILES string of the molecule is CC(C=O)c1ccc([N+](=O)[O-])cc1I. The van der Waals surface area contributed by atoms with Crippen LogP contribution in [0.15, 0.2) is 18.2 Å². The largest absolute Gasteiger partial charge is 0.303 e. The third-order valence-corrected chi connectivity index (χ3v) is 2.82. The maximum absolute atomic E-state index is 10.5. The van der Waals surface area contributed by atoms with Crippen LogP contribution in [-0.4, -0.2) is 11.2 Å². The summed E-state index contributed by atoms with van der Waals surface area (Å²) < 4.78 is 0.747. The van der Waals surface area contributed by atoms with Gasteiger partial charge in [0.2, 0.25) is 0 Å². The number of halogens is 1. The van der Waals surface area contributed by atoms with E-state index >= 15 is 0 Å². The van der Waals surface area contributed by atoms with Gasteiger partial charge in [0.25, 0.3) is 5.69 Å². The standard InChI is InChI=1S/C9H8INO3/c1-6(5-12)8-3-2-7(11(13)14)4-9(8)10/h2-6H,1H3. The molecule has 0 saturated carbocycles. The summed E-state index contributed by atoms with van der Waals surface area (Å²) >= 11 is 1.99. The summed E-state index contributed by atoms with van der Waals surface area (Å²) in [6.45, 7) is 1.76. The lowest BCUT2D eigenvalue weighted by atomic mass is 10.0. The first-order valence-corrected chi connectivity index (χ1v) is 5.03. The van der Waals surface area contributed by atoms with Crippen LogP contribution in [0.3, 0.4) is 0 Å². The number of carbonyl (C=O) groups is 1. The van der Waals surface area contributed by atoms with E-state index in [4.69, 9.17) is 0 Å². The third kappa shape index (κ3) is 2.28. The highest BCUT2D eigenvalue weighted by Crippen LogP contribution is 2.24. The summed E-state index contributed by atoms with van der Waals surface area (Å²) in [5.41, 5.74) is 0.877. The Bertz CT molecular complexity index is 378. The molecule has 1 aromatic rings. The van der Waals surface area contributed by atoms with Gasteiger partial charge in [0.1, 0.15) is 6.29 Å². The molecule has 0 fully saturated rings. The van der Waals surface area contributed by atoms with E-state index in [1.165, 1.54) is 12.1 Å². The number of hydrogen-bond donors (Lipinski definition) is 0. The highest BCUT2D eigenvalue weighted by Gasteiger charge is 2.12. The first-order chi connectivity index (χ1) is 6.56. The molecule has 0 amide bonds. The number of nitro benzene ring substituents is 1. The van der Waals surface area contributed by atoms with Gasteiger partial charge in [-0.3, -0.25) is 10.1 Å². The molecule has 4 nitrogen and oxygen atoms in total. The molecule has 0 aliphatic carbocycles.